The Morgan fingerprint density at radius 1 is 0.231 bits per heavy atom. The Labute approximate surface area is 299 Å². The molecule has 0 unspecified atom stereocenters. The van der Waals surface area contributed by atoms with Gasteiger partial charge in [0.2, 0.25) is 0 Å². The number of nitrogens with zero attached hydrogens (tertiary/aromatic N) is 2. The van der Waals surface area contributed by atoms with Gasteiger partial charge in [-0.05, 0) is 45.8 Å². The Balaban J connectivity index is 1.41. The highest BCUT2D eigenvalue weighted by atomic mass is 15.0. The maximum Gasteiger partial charge on any atom is 0.0626 e. The van der Waals surface area contributed by atoms with E-state index in [1.54, 1.807) is 0 Å². The van der Waals surface area contributed by atoms with Gasteiger partial charge in [-0.15, -0.1) is 0 Å². The molecule has 0 bridgehead atoms. The highest BCUT2D eigenvalue weighted by Crippen LogP contribution is 2.51. The predicted molar refractivity (Wildman–Crippen MR) is 223 cm³/mol. The lowest BCUT2D eigenvalue weighted by Gasteiger charge is -2.17. The summed E-state index contributed by atoms with van der Waals surface area (Å²) in [7, 11) is 0. The zero-order valence-corrected chi connectivity index (χ0v) is 28.2. The van der Waals surface area contributed by atoms with Gasteiger partial charge in [0.25, 0.3) is 0 Å². The summed E-state index contributed by atoms with van der Waals surface area (Å²) in [6.07, 6.45) is 0. The molecule has 0 atom stereocenters. The van der Waals surface area contributed by atoms with Crippen LogP contribution in [0.4, 0.5) is 0 Å². The number of fused-ring (bicyclic) bond motifs is 17. The first-order chi connectivity index (χ1) is 25.9. The monoisotopic (exact) mass is 658 g/mol. The van der Waals surface area contributed by atoms with Gasteiger partial charge < -0.3 is 9.13 Å². The van der Waals surface area contributed by atoms with Crippen molar-refractivity contribution in [3.63, 3.8) is 0 Å². The molecule has 0 fully saturated rings. The fraction of sp³-hybridized carbons (Fsp3) is 0. The van der Waals surface area contributed by atoms with E-state index in [9.17, 15) is 0 Å². The third-order valence-electron chi connectivity index (χ3n) is 11.4. The highest BCUT2D eigenvalue weighted by Gasteiger charge is 2.26. The highest BCUT2D eigenvalue weighted by molar-refractivity contribution is 6.45. The van der Waals surface area contributed by atoms with E-state index in [2.05, 4.69) is 191 Å². The molecule has 2 aromatic heterocycles. The van der Waals surface area contributed by atoms with Gasteiger partial charge in [0.1, 0.15) is 0 Å². The fourth-order valence-electron chi connectivity index (χ4n) is 9.41. The zero-order valence-electron chi connectivity index (χ0n) is 28.2. The first-order valence-electron chi connectivity index (χ1n) is 18.0. The number of hydrogen-bond acceptors (Lipinski definition) is 0. The Morgan fingerprint density at radius 2 is 0.558 bits per heavy atom. The number of benzene rings is 10. The Morgan fingerprint density at radius 3 is 1.00 bits per heavy atom. The minimum Gasteiger partial charge on any atom is -0.308 e. The van der Waals surface area contributed by atoms with E-state index in [4.69, 9.17) is 0 Å². The molecule has 52 heavy (non-hydrogen) atoms. The van der Waals surface area contributed by atoms with Crippen LogP contribution < -0.4 is 0 Å². The molecule has 2 heteroatoms. The van der Waals surface area contributed by atoms with Crippen molar-refractivity contribution in [3.05, 3.63) is 182 Å². The van der Waals surface area contributed by atoms with Crippen LogP contribution in [0.1, 0.15) is 0 Å². The number of aromatic nitrogens is 2. The van der Waals surface area contributed by atoms with E-state index < -0.39 is 0 Å². The molecule has 0 radical (unpaired) electrons. The Bertz CT molecular complexity index is 3230. The molecule has 0 saturated carbocycles. The van der Waals surface area contributed by atoms with Gasteiger partial charge in [0.15, 0.2) is 0 Å². The van der Waals surface area contributed by atoms with Gasteiger partial charge in [-0.25, -0.2) is 0 Å². The van der Waals surface area contributed by atoms with Crippen LogP contribution in [0.15, 0.2) is 182 Å². The minimum absolute atomic E-state index is 1.20. The van der Waals surface area contributed by atoms with E-state index in [1.807, 2.05) is 0 Å². The van der Waals surface area contributed by atoms with Crippen LogP contribution in [-0.2, 0) is 0 Å². The lowest BCUT2D eigenvalue weighted by molar-refractivity contribution is 1.20. The van der Waals surface area contributed by atoms with Gasteiger partial charge in [-0.3, -0.25) is 0 Å². The molecule has 10 aromatic carbocycles. The molecule has 0 amide bonds. The number of para-hydroxylation sites is 2. The van der Waals surface area contributed by atoms with Crippen LogP contribution in [0.5, 0.6) is 0 Å². The lowest BCUT2D eigenvalue weighted by atomic mass is 9.89. The molecule has 0 N–H and O–H groups in total. The molecular formula is C50H30N2. The summed E-state index contributed by atoms with van der Waals surface area (Å²) in [5.74, 6) is 0. The second kappa shape index (κ2) is 10.3. The first kappa shape index (κ1) is 27.9. The molecule has 2 nitrogen and oxygen atoms in total. The topological polar surface area (TPSA) is 9.86 Å². The van der Waals surface area contributed by atoms with E-state index >= 15 is 0 Å². The molecular weight excluding hydrogens is 629 g/mol. The molecule has 0 spiro atoms. The van der Waals surface area contributed by atoms with Crippen molar-refractivity contribution in [1.29, 1.82) is 0 Å². The van der Waals surface area contributed by atoms with Gasteiger partial charge in [-0.2, -0.15) is 0 Å². The Kier molecular flexibility index (Phi) is 5.53. The van der Waals surface area contributed by atoms with E-state index in [0.717, 1.165) is 0 Å². The molecule has 12 aromatic rings. The molecule has 240 valence electrons. The average Bonchev–Trinajstić information content (AvgIpc) is 3.74. The van der Waals surface area contributed by atoms with Crippen LogP contribution in [-0.4, -0.2) is 9.13 Å². The van der Waals surface area contributed by atoms with Crippen LogP contribution in [0.2, 0.25) is 0 Å². The van der Waals surface area contributed by atoms with Crippen molar-refractivity contribution in [1.82, 2.24) is 9.13 Å². The summed E-state index contributed by atoms with van der Waals surface area (Å²) in [6, 6.07) is 67.1. The first-order valence-corrected chi connectivity index (χ1v) is 18.0. The summed E-state index contributed by atoms with van der Waals surface area (Å²) in [5.41, 5.74) is 7.34. The van der Waals surface area contributed by atoms with Gasteiger partial charge in [0.05, 0.1) is 33.4 Å². The predicted octanol–water partition coefficient (Wildman–Crippen LogP) is 13.6. The largest absolute Gasteiger partial charge is 0.308 e. The third-order valence-corrected chi connectivity index (χ3v) is 11.4. The summed E-state index contributed by atoms with van der Waals surface area (Å²) in [4.78, 5) is 0. The Hall–Kier alpha value is -6.90. The van der Waals surface area contributed by atoms with Crippen molar-refractivity contribution in [2.24, 2.45) is 0 Å². The van der Waals surface area contributed by atoms with Crippen molar-refractivity contribution >= 4 is 97.5 Å². The normalized spacial score (nSPS) is 12.2. The van der Waals surface area contributed by atoms with Crippen LogP contribution in [0, 0.1) is 0 Å². The van der Waals surface area contributed by atoms with Crippen LogP contribution in [0.3, 0.4) is 0 Å². The molecule has 2 heterocycles. The quantitative estimate of drug-likeness (QED) is 0.164. The third kappa shape index (κ3) is 3.53. The zero-order chi connectivity index (χ0) is 33.9. The van der Waals surface area contributed by atoms with Crippen LogP contribution in [0.25, 0.3) is 109 Å². The SMILES string of the molecule is c1ccc2c(-n3c4ccccc4c4c5c6ccccc6c6c(c7ccccc7n6-c6cccc7ccccc67)c5c5ccccc5c43)cccc2c1. The number of hydrogen-bond donors (Lipinski definition) is 0. The molecule has 12 rings (SSSR count). The van der Waals surface area contributed by atoms with Crippen molar-refractivity contribution in [2.75, 3.05) is 0 Å². The van der Waals surface area contributed by atoms with Gasteiger partial charge in [0, 0.05) is 53.9 Å². The summed E-state index contributed by atoms with van der Waals surface area (Å²) in [5, 5.41) is 17.8. The minimum atomic E-state index is 1.20. The average molecular weight is 659 g/mol. The van der Waals surface area contributed by atoms with Crippen LogP contribution >= 0.6 is 0 Å². The summed E-state index contributed by atoms with van der Waals surface area (Å²) < 4.78 is 5.07. The van der Waals surface area contributed by atoms with E-state index in [0.29, 0.717) is 0 Å². The fourth-order valence-corrected chi connectivity index (χ4v) is 9.41. The van der Waals surface area contributed by atoms with E-state index in [-0.39, 0.29) is 0 Å². The molecule has 0 aliphatic heterocycles. The van der Waals surface area contributed by atoms with Crippen molar-refractivity contribution in [2.45, 2.75) is 0 Å². The second-order valence-corrected chi connectivity index (χ2v) is 14.0. The van der Waals surface area contributed by atoms with Crippen molar-refractivity contribution < 1.29 is 0 Å². The summed E-state index contributed by atoms with van der Waals surface area (Å²) >= 11 is 0. The second-order valence-electron chi connectivity index (χ2n) is 14.0. The molecule has 0 saturated heterocycles. The van der Waals surface area contributed by atoms with Gasteiger partial charge in [-0.1, -0.05) is 158 Å². The number of rotatable bonds is 2. The lowest BCUT2D eigenvalue weighted by Crippen LogP contribution is -1.97. The smallest absolute Gasteiger partial charge is 0.0626 e. The van der Waals surface area contributed by atoms with Gasteiger partial charge >= 0.3 is 0 Å². The van der Waals surface area contributed by atoms with E-state index in [1.165, 1.54) is 109 Å². The molecule has 0 aliphatic carbocycles. The summed E-state index contributed by atoms with van der Waals surface area (Å²) in [6.45, 7) is 0. The maximum atomic E-state index is 2.53. The molecule has 0 aliphatic rings. The standard InChI is InChI=1S/C50H30N2/c1-3-19-33-31(15-1)17-13-29-41(33)51-43-27-11-9-25-39(43)47-45-36-22-6-8-24-38(36)50-48(46(45)35-21-5-7-23-37(35)49(47)51)40-26-10-12-28-44(40)52(50)42-30-14-18-32-16-2-4-20-34(32)42/h1-30H. The van der Waals surface area contributed by atoms with Crippen molar-refractivity contribution in [3.8, 4) is 11.4 Å². The maximum absolute atomic E-state index is 2.53.